The summed E-state index contributed by atoms with van der Waals surface area (Å²) < 4.78 is 30.1. The van der Waals surface area contributed by atoms with Crippen molar-refractivity contribution in [1.29, 1.82) is 0 Å². The van der Waals surface area contributed by atoms with Crippen LogP contribution >= 0.6 is 0 Å². The van der Waals surface area contributed by atoms with Crippen LogP contribution in [0.5, 0.6) is 0 Å². The van der Waals surface area contributed by atoms with Gasteiger partial charge in [0.1, 0.15) is 34.3 Å². The molecule has 5 heterocycles. The van der Waals surface area contributed by atoms with E-state index in [9.17, 15) is 8.78 Å². The predicted octanol–water partition coefficient (Wildman–Crippen LogP) is 3.70. The van der Waals surface area contributed by atoms with Crippen molar-refractivity contribution in [3.05, 3.63) is 59.8 Å². The highest BCUT2D eigenvalue weighted by Gasteiger charge is 2.30. The van der Waals surface area contributed by atoms with Crippen molar-refractivity contribution < 1.29 is 8.78 Å². The summed E-state index contributed by atoms with van der Waals surface area (Å²) in [7, 11) is 0. The van der Waals surface area contributed by atoms with Crippen molar-refractivity contribution in [3.8, 4) is 0 Å². The quantitative estimate of drug-likeness (QED) is 0.515. The number of anilines is 2. The van der Waals surface area contributed by atoms with Crippen molar-refractivity contribution in [3.63, 3.8) is 0 Å². The minimum absolute atomic E-state index is 0.254. The zero-order valence-electron chi connectivity index (χ0n) is 18.4. The lowest BCUT2D eigenvalue weighted by Gasteiger charge is -2.32. The molecular weight excluding hydrogens is 424 g/mol. The van der Waals surface area contributed by atoms with E-state index < -0.39 is 5.82 Å². The number of piperazine rings is 1. The fourth-order valence-electron chi connectivity index (χ4n) is 5.06. The molecular formula is C24H25F2N7. The van der Waals surface area contributed by atoms with E-state index in [0.29, 0.717) is 17.3 Å². The first-order valence-corrected chi connectivity index (χ1v) is 11.4. The van der Waals surface area contributed by atoms with Crippen molar-refractivity contribution in [1.82, 2.24) is 24.9 Å². The van der Waals surface area contributed by atoms with Gasteiger partial charge < -0.3 is 15.1 Å². The van der Waals surface area contributed by atoms with Gasteiger partial charge in [0.2, 0.25) is 0 Å². The lowest BCUT2D eigenvalue weighted by molar-refractivity contribution is 0.482. The molecule has 0 spiro atoms. The number of aromatic nitrogens is 4. The molecule has 0 radical (unpaired) electrons. The molecule has 0 unspecified atom stereocenters. The number of pyridine rings is 1. The van der Waals surface area contributed by atoms with Crippen LogP contribution in [0.1, 0.15) is 31.4 Å². The fourth-order valence-corrected chi connectivity index (χ4v) is 5.06. The molecule has 2 fully saturated rings. The second-order valence-corrected chi connectivity index (χ2v) is 8.91. The maximum atomic E-state index is 14.5. The van der Waals surface area contributed by atoms with Gasteiger partial charge in [-0.05, 0) is 56.2 Å². The average molecular weight is 450 g/mol. The van der Waals surface area contributed by atoms with Gasteiger partial charge in [0, 0.05) is 44.0 Å². The molecule has 9 heteroatoms. The van der Waals surface area contributed by atoms with Crippen LogP contribution in [0.4, 0.5) is 20.4 Å². The maximum absolute atomic E-state index is 14.5. The van der Waals surface area contributed by atoms with Crippen molar-refractivity contribution in [2.75, 3.05) is 36.0 Å². The van der Waals surface area contributed by atoms with Crippen LogP contribution in [-0.4, -0.2) is 51.8 Å². The van der Waals surface area contributed by atoms with Crippen molar-refractivity contribution in [2.24, 2.45) is 0 Å². The molecule has 0 bridgehead atoms. The third-order valence-electron chi connectivity index (χ3n) is 6.65. The minimum Gasteiger partial charge on any atom is -0.354 e. The first kappa shape index (κ1) is 20.3. The first-order chi connectivity index (χ1) is 16.1. The molecule has 2 aliphatic rings. The molecule has 2 aliphatic heterocycles. The first-order valence-electron chi connectivity index (χ1n) is 11.4. The van der Waals surface area contributed by atoms with Gasteiger partial charge >= 0.3 is 0 Å². The lowest BCUT2D eigenvalue weighted by Crippen LogP contribution is -2.49. The molecule has 1 aromatic carbocycles. The maximum Gasteiger partial charge on any atom is 0.183 e. The smallest absolute Gasteiger partial charge is 0.183 e. The van der Waals surface area contributed by atoms with E-state index in [2.05, 4.69) is 27.1 Å². The lowest BCUT2D eigenvalue weighted by atomic mass is 10.0. The molecule has 33 heavy (non-hydrogen) atoms. The van der Waals surface area contributed by atoms with Crippen LogP contribution in [0.25, 0.3) is 16.7 Å². The Labute approximate surface area is 190 Å². The van der Waals surface area contributed by atoms with Crippen LogP contribution in [0.2, 0.25) is 0 Å². The summed E-state index contributed by atoms with van der Waals surface area (Å²) in [4.78, 5) is 14.1. The number of nitrogens with zero attached hydrogens (tertiary/aromatic N) is 6. The summed E-state index contributed by atoms with van der Waals surface area (Å²) in [5.41, 5.74) is 2.56. The van der Waals surface area contributed by atoms with E-state index in [1.54, 1.807) is 4.52 Å². The Morgan fingerprint density at radius 1 is 1.03 bits per heavy atom. The van der Waals surface area contributed by atoms with Gasteiger partial charge in [-0.3, -0.25) is 0 Å². The Morgan fingerprint density at radius 3 is 2.82 bits per heavy atom. The average Bonchev–Trinajstić information content (AvgIpc) is 3.44. The van der Waals surface area contributed by atoms with Crippen LogP contribution in [0.15, 0.2) is 42.6 Å². The Hall–Kier alpha value is -3.33. The molecule has 3 aromatic heterocycles. The van der Waals surface area contributed by atoms with Gasteiger partial charge in [-0.2, -0.15) is 5.10 Å². The zero-order valence-corrected chi connectivity index (χ0v) is 18.4. The van der Waals surface area contributed by atoms with Gasteiger partial charge in [0.25, 0.3) is 0 Å². The topological polar surface area (TPSA) is 61.6 Å². The number of rotatable bonds is 3. The third-order valence-corrected chi connectivity index (χ3v) is 6.65. The van der Waals surface area contributed by atoms with Gasteiger partial charge in [-0.1, -0.05) is 0 Å². The molecule has 6 rings (SSSR count). The summed E-state index contributed by atoms with van der Waals surface area (Å²) >= 11 is 0. The second kappa shape index (κ2) is 7.91. The van der Waals surface area contributed by atoms with Crippen LogP contribution in [0, 0.1) is 11.6 Å². The van der Waals surface area contributed by atoms with E-state index in [-0.39, 0.29) is 11.9 Å². The van der Waals surface area contributed by atoms with E-state index in [1.807, 2.05) is 24.4 Å². The Kier molecular flexibility index (Phi) is 4.86. The van der Waals surface area contributed by atoms with Crippen molar-refractivity contribution in [2.45, 2.75) is 31.8 Å². The Balaban J connectivity index is 1.40. The number of halogens is 2. The van der Waals surface area contributed by atoms with Gasteiger partial charge in [0.15, 0.2) is 5.65 Å². The molecule has 7 nitrogen and oxygen atoms in total. The molecule has 2 atom stereocenters. The van der Waals surface area contributed by atoms with Gasteiger partial charge in [-0.15, -0.1) is 0 Å². The Bertz CT molecular complexity index is 1340. The van der Waals surface area contributed by atoms with E-state index in [1.165, 1.54) is 12.1 Å². The summed E-state index contributed by atoms with van der Waals surface area (Å²) in [6, 6.07) is 9.68. The predicted molar refractivity (Wildman–Crippen MR) is 124 cm³/mol. The van der Waals surface area contributed by atoms with Crippen LogP contribution in [-0.2, 0) is 0 Å². The molecule has 4 aromatic rings. The monoisotopic (exact) mass is 449 g/mol. The molecule has 0 saturated carbocycles. The van der Waals surface area contributed by atoms with E-state index >= 15 is 0 Å². The normalized spacial score (nSPS) is 21.4. The standard InChI is InChI=1S/C24H25F2N7/c1-15-14-31(12-9-27-15)21-7-6-19-23(28-21)24-29-22(8-11-33(24)30-19)32-10-2-3-20(32)17-13-16(25)4-5-18(17)26/h4-8,11,13,15,20,27H,2-3,9-10,12,14H2,1H3/t15-,20+/m0/s1. The van der Waals surface area contributed by atoms with Gasteiger partial charge in [-0.25, -0.2) is 23.3 Å². The fraction of sp³-hybridized carbons (Fsp3) is 0.375. The highest BCUT2D eigenvalue weighted by atomic mass is 19.1. The molecule has 2 saturated heterocycles. The molecule has 170 valence electrons. The molecule has 0 amide bonds. The van der Waals surface area contributed by atoms with E-state index in [0.717, 1.165) is 67.8 Å². The van der Waals surface area contributed by atoms with Crippen molar-refractivity contribution >= 4 is 28.3 Å². The second-order valence-electron chi connectivity index (χ2n) is 8.91. The molecule has 1 N–H and O–H groups in total. The minimum atomic E-state index is -0.428. The number of hydrogen-bond acceptors (Lipinski definition) is 6. The Morgan fingerprint density at radius 2 is 1.94 bits per heavy atom. The third kappa shape index (κ3) is 3.56. The summed E-state index contributed by atoms with van der Waals surface area (Å²) in [5.74, 6) is 0.820. The zero-order chi connectivity index (χ0) is 22.5. The number of fused-ring (bicyclic) bond motifs is 3. The largest absolute Gasteiger partial charge is 0.354 e. The summed E-state index contributed by atoms with van der Waals surface area (Å²) in [5, 5.41) is 8.07. The number of benzene rings is 1. The summed E-state index contributed by atoms with van der Waals surface area (Å²) in [6.07, 6.45) is 3.50. The highest BCUT2D eigenvalue weighted by molar-refractivity contribution is 5.89. The number of nitrogens with one attached hydrogen (secondary N) is 1. The van der Waals surface area contributed by atoms with Gasteiger partial charge in [0.05, 0.1) is 6.04 Å². The van der Waals surface area contributed by atoms with Crippen LogP contribution in [0.3, 0.4) is 0 Å². The number of hydrogen-bond donors (Lipinski definition) is 1. The van der Waals surface area contributed by atoms with Crippen LogP contribution < -0.4 is 15.1 Å². The summed E-state index contributed by atoms with van der Waals surface area (Å²) in [6.45, 7) is 5.61. The highest BCUT2D eigenvalue weighted by Crippen LogP contribution is 2.37. The molecule has 0 aliphatic carbocycles. The SMILES string of the molecule is C[C@H]1CN(c2ccc3nn4ccc(N5CCC[C@@H]5c5cc(F)ccc5F)nc4c3n2)CCN1. The van der Waals surface area contributed by atoms with E-state index in [4.69, 9.17) is 9.97 Å².